The summed E-state index contributed by atoms with van der Waals surface area (Å²) in [6.45, 7) is 0.699. The van der Waals surface area contributed by atoms with Crippen molar-refractivity contribution in [3.05, 3.63) is 47.7 Å². The van der Waals surface area contributed by atoms with Gasteiger partial charge < -0.3 is 19.9 Å². The minimum atomic E-state index is -1.03. The molecule has 0 saturated carbocycles. The number of nitrogens with zero attached hydrogens (tertiary/aromatic N) is 1. The van der Waals surface area contributed by atoms with Gasteiger partial charge in [-0.2, -0.15) is 0 Å². The van der Waals surface area contributed by atoms with Gasteiger partial charge in [0.15, 0.2) is 17.2 Å². The third kappa shape index (κ3) is 4.60. The van der Waals surface area contributed by atoms with E-state index < -0.39 is 5.97 Å². The Balaban J connectivity index is 1.86. The molecule has 0 atom stereocenters. The van der Waals surface area contributed by atoms with Gasteiger partial charge in [0, 0.05) is 6.54 Å². The Morgan fingerprint density at radius 3 is 2.65 bits per heavy atom. The molecule has 2 aromatic rings. The van der Waals surface area contributed by atoms with E-state index in [2.05, 4.69) is 10.3 Å². The highest BCUT2D eigenvalue weighted by Crippen LogP contribution is 2.27. The largest absolute Gasteiger partial charge is 0.493 e. The monoisotopic (exact) mass is 316 g/mol. The van der Waals surface area contributed by atoms with Crippen LogP contribution in [0, 0.1) is 0 Å². The molecule has 6 nitrogen and oxygen atoms in total. The van der Waals surface area contributed by atoms with Crippen LogP contribution in [0.3, 0.4) is 0 Å². The molecule has 0 radical (unpaired) electrons. The number of ether oxygens (including phenoxy) is 2. The topological polar surface area (TPSA) is 80.7 Å². The van der Waals surface area contributed by atoms with E-state index in [1.807, 2.05) is 18.2 Å². The number of methoxy groups -OCH3 is 2. The van der Waals surface area contributed by atoms with Crippen molar-refractivity contribution in [1.82, 2.24) is 4.98 Å². The van der Waals surface area contributed by atoms with Crippen LogP contribution >= 0.6 is 0 Å². The van der Waals surface area contributed by atoms with Crippen molar-refractivity contribution >= 4 is 11.8 Å². The van der Waals surface area contributed by atoms with E-state index in [0.717, 1.165) is 18.4 Å². The van der Waals surface area contributed by atoms with E-state index in [1.165, 1.54) is 6.07 Å². The Bertz CT molecular complexity index is 673. The first kappa shape index (κ1) is 16.6. The average molecular weight is 316 g/mol. The van der Waals surface area contributed by atoms with Crippen molar-refractivity contribution in [2.45, 2.75) is 12.8 Å². The number of rotatable bonds is 8. The van der Waals surface area contributed by atoms with Gasteiger partial charge in [0.25, 0.3) is 0 Å². The maximum atomic E-state index is 10.9. The first-order valence-electron chi connectivity index (χ1n) is 7.29. The summed E-state index contributed by atoms with van der Waals surface area (Å²) in [5.41, 5.74) is 1.19. The summed E-state index contributed by atoms with van der Waals surface area (Å²) in [7, 11) is 3.23. The molecule has 0 amide bonds. The number of hydrogen-bond donors (Lipinski definition) is 2. The van der Waals surface area contributed by atoms with E-state index in [1.54, 1.807) is 26.4 Å². The summed E-state index contributed by atoms with van der Waals surface area (Å²) in [6, 6.07) is 10.7. The van der Waals surface area contributed by atoms with Crippen molar-refractivity contribution in [2.24, 2.45) is 0 Å². The summed E-state index contributed by atoms with van der Waals surface area (Å²) < 4.78 is 10.5. The quantitative estimate of drug-likeness (QED) is 0.729. The minimum Gasteiger partial charge on any atom is -0.493 e. The van der Waals surface area contributed by atoms with Crippen molar-refractivity contribution in [2.75, 3.05) is 26.1 Å². The first-order chi connectivity index (χ1) is 11.1. The molecule has 0 unspecified atom stereocenters. The van der Waals surface area contributed by atoms with Gasteiger partial charge in [-0.25, -0.2) is 9.78 Å². The van der Waals surface area contributed by atoms with E-state index >= 15 is 0 Å². The summed E-state index contributed by atoms with van der Waals surface area (Å²) in [5, 5.41) is 12.0. The predicted molar refractivity (Wildman–Crippen MR) is 87.6 cm³/mol. The number of carboxylic acid groups (broad SMARTS) is 1. The number of benzene rings is 1. The highest BCUT2D eigenvalue weighted by molar-refractivity contribution is 5.85. The highest BCUT2D eigenvalue weighted by Gasteiger charge is 2.06. The Morgan fingerprint density at radius 1 is 1.17 bits per heavy atom. The summed E-state index contributed by atoms with van der Waals surface area (Å²) in [6.07, 6.45) is 1.75. The summed E-state index contributed by atoms with van der Waals surface area (Å²) >= 11 is 0. The second-order valence-corrected chi connectivity index (χ2v) is 4.93. The van der Waals surface area contributed by atoms with Crippen LogP contribution in [0.1, 0.15) is 22.5 Å². The third-order valence-corrected chi connectivity index (χ3v) is 3.36. The molecule has 2 N–H and O–H groups in total. The fourth-order valence-corrected chi connectivity index (χ4v) is 2.20. The number of anilines is 1. The zero-order chi connectivity index (χ0) is 16.7. The number of carbonyl (C=O) groups is 1. The van der Waals surface area contributed by atoms with Crippen molar-refractivity contribution in [1.29, 1.82) is 0 Å². The zero-order valence-corrected chi connectivity index (χ0v) is 13.2. The molecule has 6 heteroatoms. The number of pyridine rings is 1. The second kappa shape index (κ2) is 8.03. The highest BCUT2D eigenvalue weighted by atomic mass is 16.5. The fraction of sp³-hybridized carbons (Fsp3) is 0.294. The molecule has 1 aromatic carbocycles. The van der Waals surface area contributed by atoms with E-state index in [-0.39, 0.29) is 5.69 Å². The lowest BCUT2D eigenvalue weighted by Gasteiger charge is -2.10. The van der Waals surface area contributed by atoms with Crippen LogP contribution in [0.15, 0.2) is 36.4 Å². The van der Waals surface area contributed by atoms with Crippen LogP contribution in [-0.4, -0.2) is 36.8 Å². The van der Waals surface area contributed by atoms with Crippen LogP contribution in [0.5, 0.6) is 11.5 Å². The van der Waals surface area contributed by atoms with Gasteiger partial charge in [-0.15, -0.1) is 0 Å². The van der Waals surface area contributed by atoms with Crippen LogP contribution in [0.4, 0.5) is 5.82 Å². The van der Waals surface area contributed by atoms with Crippen LogP contribution in [0.2, 0.25) is 0 Å². The zero-order valence-electron chi connectivity index (χ0n) is 13.2. The fourth-order valence-electron chi connectivity index (χ4n) is 2.20. The Morgan fingerprint density at radius 2 is 1.96 bits per heavy atom. The van der Waals surface area contributed by atoms with Crippen LogP contribution in [-0.2, 0) is 6.42 Å². The van der Waals surface area contributed by atoms with Crippen molar-refractivity contribution in [3.63, 3.8) is 0 Å². The van der Waals surface area contributed by atoms with Crippen LogP contribution < -0.4 is 14.8 Å². The van der Waals surface area contributed by atoms with Gasteiger partial charge in [0.05, 0.1) is 14.2 Å². The molecule has 23 heavy (non-hydrogen) atoms. The molecule has 0 aliphatic rings. The lowest BCUT2D eigenvalue weighted by atomic mass is 10.1. The molecule has 0 saturated heterocycles. The minimum absolute atomic E-state index is 0.0369. The maximum absolute atomic E-state index is 10.9. The molecular formula is C17H20N2O4. The third-order valence-electron chi connectivity index (χ3n) is 3.36. The molecule has 0 aliphatic heterocycles. The molecule has 2 rings (SSSR count). The SMILES string of the molecule is COc1ccc(CCCNc2cccc(C(=O)O)n2)cc1OC. The lowest BCUT2D eigenvalue weighted by Crippen LogP contribution is -2.07. The number of hydrogen-bond acceptors (Lipinski definition) is 5. The number of nitrogens with one attached hydrogen (secondary N) is 1. The van der Waals surface area contributed by atoms with Crippen molar-refractivity contribution in [3.8, 4) is 11.5 Å². The number of aryl methyl sites for hydroxylation is 1. The molecule has 0 fully saturated rings. The number of carboxylic acids is 1. The predicted octanol–water partition coefficient (Wildman–Crippen LogP) is 2.84. The number of aromatic nitrogens is 1. The van der Waals surface area contributed by atoms with Gasteiger partial charge >= 0.3 is 5.97 Å². The smallest absolute Gasteiger partial charge is 0.354 e. The number of aromatic carboxylic acids is 1. The average Bonchev–Trinajstić information content (AvgIpc) is 2.58. The molecular weight excluding hydrogens is 296 g/mol. The molecule has 1 heterocycles. The van der Waals surface area contributed by atoms with Crippen LogP contribution in [0.25, 0.3) is 0 Å². The summed E-state index contributed by atoms with van der Waals surface area (Å²) in [5.74, 6) is 0.967. The van der Waals surface area contributed by atoms with Gasteiger partial charge in [-0.1, -0.05) is 12.1 Å². The lowest BCUT2D eigenvalue weighted by molar-refractivity contribution is 0.0690. The molecule has 0 spiro atoms. The Kier molecular flexibility index (Phi) is 5.80. The van der Waals surface area contributed by atoms with E-state index in [0.29, 0.717) is 23.9 Å². The second-order valence-electron chi connectivity index (χ2n) is 4.93. The standard InChI is InChI=1S/C17H20N2O4/c1-22-14-9-8-12(11-15(14)23-2)5-4-10-18-16-7-3-6-13(19-16)17(20)21/h3,6-9,11H,4-5,10H2,1-2H3,(H,18,19)(H,20,21). The van der Waals surface area contributed by atoms with Gasteiger partial charge in [0.1, 0.15) is 5.82 Å². The Labute approximate surface area is 135 Å². The van der Waals surface area contributed by atoms with Gasteiger partial charge in [-0.3, -0.25) is 0 Å². The molecule has 122 valence electrons. The Hall–Kier alpha value is -2.76. The summed E-state index contributed by atoms with van der Waals surface area (Å²) in [4.78, 5) is 14.9. The molecule has 0 aliphatic carbocycles. The van der Waals surface area contributed by atoms with Crippen molar-refractivity contribution < 1.29 is 19.4 Å². The van der Waals surface area contributed by atoms with Gasteiger partial charge in [-0.05, 0) is 42.7 Å². The van der Waals surface area contributed by atoms with E-state index in [9.17, 15) is 4.79 Å². The van der Waals surface area contributed by atoms with E-state index in [4.69, 9.17) is 14.6 Å². The van der Waals surface area contributed by atoms with Gasteiger partial charge in [0.2, 0.25) is 0 Å². The molecule has 1 aromatic heterocycles. The normalized spacial score (nSPS) is 10.2. The molecule has 0 bridgehead atoms. The maximum Gasteiger partial charge on any atom is 0.354 e. The first-order valence-corrected chi connectivity index (χ1v) is 7.29.